The Kier molecular flexibility index (Phi) is 3.62. The fourth-order valence-corrected chi connectivity index (χ4v) is 5.23. The van der Waals surface area contributed by atoms with Gasteiger partial charge in [0.2, 0.25) is 10.0 Å². The number of rotatable bonds is 4. The van der Waals surface area contributed by atoms with E-state index in [1.165, 1.54) is 0 Å². The van der Waals surface area contributed by atoms with E-state index in [4.69, 9.17) is 9.47 Å². The standard InChI is InChI=1S/C13H23NO4S/c1-2-17-11-8-13(18-9-11)6-3-7-14(10-13)19(15,16)12-4-5-12/h11-12H,2-10H2,1H3/t11-,13-/m0/s1. The highest BCUT2D eigenvalue weighted by molar-refractivity contribution is 7.90. The van der Waals surface area contributed by atoms with E-state index in [1.54, 1.807) is 4.31 Å². The SMILES string of the molecule is CCO[C@@H]1CO[C@@]2(CCCN(S(=O)(=O)C3CC3)C2)C1. The Bertz CT molecular complexity index is 434. The van der Waals surface area contributed by atoms with Crippen LogP contribution in [0.25, 0.3) is 0 Å². The van der Waals surface area contributed by atoms with E-state index in [2.05, 4.69) is 0 Å². The quantitative estimate of drug-likeness (QED) is 0.779. The molecule has 0 N–H and O–H groups in total. The van der Waals surface area contributed by atoms with E-state index in [0.717, 1.165) is 32.1 Å². The summed E-state index contributed by atoms with van der Waals surface area (Å²) >= 11 is 0. The molecule has 3 rings (SSSR count). The van der Waals surface area contributed by atoms with Gasteiger partial charge in [0.25, 0.3) is 0 Å². The van der Waals surface area contributed by atoms with Crippen molar-refractivity contribution in [2.24, 2.45) is 0 Å². The van der Waals surface area contributed by atoms with E-state index in [0.29, 0.717) is 26.3 Å². The molecule has 2 atom stereocenters. The molecule has 1 spiro atoms. The van der Waals surface area contributed by atoms with E-state index in [1.807, 2.05) is 6.92 Å². The Labute approximate surface area is 115 Å². The molecular formula is C13H23NO4S. The van der Waals surface area contributed by atoms with Crippen molar-refractivity contribution < 1.29 is 17.9 Å². The second kappa shape index (κ2) is 4.98. The maximum atomic E-state index is 12.3. The summed E-state index contributed by atoms with van der Waals surface area (Å²) in [5.41, 5.74) is -0.292. The lowest BCUT2D eigenvalue weighted by molar-refractivity contribution is -0.0353. The van der Waals surface area contributed by atoms with Crippen molar-refractivity contribution in [2.75, 3.05) is 26.3 Å². The zero-order valence-electron chi connectivity index (χ0n) is 11.5. The summed E-state index contributed by atoms with van der Waals surface area (Å²) in [7, 11) is -3.07. The minimum Gasteiger partial charge on any atom is -0.376 e. The van der Waals surface area contributed by atoms with Gasteiger partial charge in [0.1, 0.15) is 0 Å². The molecule has 0 aromatic rings. The third-order valence-corrected chi connectivity index (χ3v) is 6.73. The van der Waals surface area contributed by atoms with Crippen molar-refractivity contribution in [3.63, 3.8) is 0 Å². The van der Waals surface area contributed by atoms with Crippen LogP contribution in [0.4, 0.5) is 0 Å². The third kappa shape index (κ3) is 2.68. The minimum atomic E-state index is -3.07. The average Bonchev–Trinajstić information content (AvgIpc) is 3.17. The molecule has 2 heterocycles. The maximum absolute atomic E-state index is 12.3. The van der Waals surface area contributed by atoms with Gasteiger partial charge in [-0.1, -0.05) is 0 Å². The van der Waals surface area contributed by atoms with Gasteiger partial charge >= 0.3 is 0 Å². The predicted octanol–water partition coefficient (Wildman–Crippen LogP) is 1.14. The molecule has 19 heavy (non-hydrogen) atoms. The van der Waals surface area contributed by atoms with Crippen LogP contribution >= 0.6 is 0 Å². The zero-order chi connectivity index (χ0) is 13.5. The van der Waals surface area contributed by atoms with Crippen LogP contribution in [0.15, 0.2) is 0 Å². The Balaban J connectivity index is 1.68. The lowest BCUT2D eigenvalue weighted by atomic mass is 9.90. The van der Waals surface area contributed by atoms with Crippen LogP contribution < -0.4 is 0 Å². The lowest BCUT2D eigenvalue weighted by Gasteiger charge is -2.39. The van der Waals surface area contributed by atoms with Crippen molar-refractivity contribution in [1.29, 1.82) is 0 Å². The second-order valence-electron chi connectivity index (χ2n) is 5.96. The molecule has 1 aliphatic carbocycles. The molecule has 2 aliphatic heterocycles. The van der Waals surface area contributed by atoms with Gasteiger partial charge in [-0.25, -0.2) is 8.42 Å². The molecule has 6 heteroatoms. The van der Waals surface area contributed by atoms with E-state index in [-0.39, 0.29) is 17.0 Å². The molecule has 0 unspecified atom stereocenters. The number of ether oxygens (including phenoxy) is 2. The Morgan fingerprint density at radius 3 is 2.89 bits per heavy atom. The molecular weight excluding hydrogens is 266 g/mol. The molecule has 0 aromatic heterocycles. The first-order valence-corrected chi connectivity index (χ1v) is 8.81. The van der Waals surface area contributed by atoms with E-state index in [9.17, 15) is 8.42 Å². The third-order valence-electron chi connectivity index (χ3n) is 4.39. The molecule has 3 aliphatic rings. The highest BCUT2D eigenvalue weighted by Gasteiger charge is 2.49. The van der Waals surface area contributed by atoms with Gasteiger partial charge in [-0.3, -0.25) is 0 Å². The summed E-state index contributed by atoms with van der Waals surface area (Å²) in [5, 5.41) is -0.119. The Morgan fingerprint density at radius 1 is 1.42 bits per heavy atom. The van der Waals surface area contributed by atoms with Crippen LogP contribution in [0.3, 0.4) is 0 Å². The molecule has 0 aromatic carbocycles. The molecule has 1 saturated carbocycles. The van der Waals surface area contributed by atoms with Crippen LogP contribution in [-0.2, 0) is 19.5 Å². The summed E-state index contributed by atoms with van der Waals surface area (Å²) in [5.74, 6) is 0. The minimum absolute atomic E-state index is 0.119. The zero-order valence-corrected chi connectivity index (χ0v) is 12.3. The average molecular weight is 289 g/mol. The Hall–Kier alpha value is -0.170. The summed E-state index contributed by atoms with van der Waals surface area (Å²) in [6.45, 7) is 4.45. The number of hydrogen-bond acceptors (Lipinski definition) is 4. The highest BCUT2D eigenvalue weighted by atomic mass is 32.2. The van der Waals surface area contributed by atoms with Crippen molar-refractivity contribution in [3.8, 4) is 0 Å². The van der Waals surface area contributed by atoms with Crippen molar-refractivity contribution in [2.45, 2.75) is 56.0 Å². The van der Waals surface area contributed by atoms with Crippen LogP contribution in [0.1, 0.15) is 39.0 Å². The lowest BCUT2D eigenvalue weighted by Crippen LogP contribution is -2.51. The molecule has 0 bridgehead atoms. The highest BCUT2D eigenvalue weighted by Crippen LogP contribution is 2.39. The van der Waals surface area contributed by atoms with Gasteiger partial charge in [0.05, 0.1) is 23.6 Å². The van der Waals surface area contributed by atoms with E-state index < -0.39 is 10.0 Å². The van der Waals surface area contributed by atoms with Crippen molar-refractivity contribution >= 4 is 10.0 Å². The normalized spacial score (nSPS) is 37.0. The fraction of sp³-hybridized carbons (Fsp3) is 1.00. The first-order chi connectivity index (χ1) is 9.06. The first-order valence-electron chi connectivity index (χ1n) is 7.30. The molecule has 5 nitrogen and oxygen atoms in total. The van der Waals surface area contributed by atoms with Gasteiger partial charge in [-0.2, -0.15) is 4.31 Å². The van der Waals surface area contributed by atoms with E-state index >= 15 is 0 Å². The summed E-state index contributed by atoms with van der Waals surface area (Å²) in [4.78, 5) is 0. The van der Waals surface area contributed by atoms with Gasteiger partial charge in [-0.15, -0.1) is 0 Å². The summed E-state index contributed by atoms with van der Waals surface area (Å²) < 4.78 is 37.9. The van der Waals surface area contributed by atoms with Crippen LogP contribution in [0.2, 0.25) is 0 Å². The fourth-order valence-electron chi connectivity index (χ4n) is 3.28. The summed E-state index contributed by atoms with van der Waals surface area (Å²) in [6.07, 6.45) is 4.46. The molecule has 0 radical (unpaired) electrons. The topological polar surface area (TPSA) is 55.8 Å². The van der Waals surface area contributed by atoms with Crippen LogP contribution in [-0.4, -0.2) is 56.0 Å². The number of piperidine rings is 1. The Morgan fingerprint density at radius 2 is 2.21 bits per heavy atom. The van der Waals surface area contributed by atoms with Crippen LogP contribution in [0, 0.1) is 0 Å². The first kappa shape index (κ1) is 13.8. The van der Waals surface area contributed by atoms with Crippen LogP contribution in [0.5, 0.6) is 0 Å². The number of sulfonamides is 1. The molecule has 110 valence electrons. The van der Waals surface area contributed by atoms with Gasteiger partial charge in [0, 0.05) is 26.1 Å². The van der Waals surface area contributed by atoms with Crippen molar-refractivity contribution in [1.82, 2.24) is 4.31 Å². The van der Waals surface area contributed by atoms with Crippen molar-refractivity contribution in [3.05, 3.63) is 0 Å². The molecule has 0 amide bonds. The smallest absolute Gasteiger partial charge is 0.217 e. The summed E-state index contributed by atoms with van der Waals surface area (Å²) in [6, 6.07) is 0. The molecule has 3 fully saturated rings. The second-order valence-corrected chi connectivity index (χ2v) is 8.17. The monoisotopic (exact) mass is 289 g/mol. The predicted molar refractivity (Wildman–Crippen MR) is 71.5 cm³/mol. The van der Waals surface area contributed by atoms with Gasteiger partial charge in [-0.05, 0) is 32.6 Å². The number of hydrogen-bond donors (Lipinski definition) is 0. The maximum Gasteiger partial charge on any atom is 0.217 e. The van der Waals surface area contributed by atoms with Gasteiger partial charge < -0.3 is 9.47 Å². The van der Waals surface area contributed by atoms with Gasteiger partial charge in [0.15, 0.2) is 0 Å². The molecule has 2 saturated heterocycles. The number of nitrogens with zero attached hydrogens (tertiary/aromatic N) is 1. The largest absolute Gasteiger partial charge is 0.376 e.